The number of rotatable bonds is 5. The van der Waals surface area contributed by atoms with Crippen molar-refractivity contribution in [2.24, 2.45) is 29.4 Å². The highest BCUT2D eigenvalue weighted by molar-refractivity contribution is 6.31. The van der Waals surface area contributed by atoms with Crippen molar-refractivity contribution in [2.75, 3.05) is 25.6 Å². The number of benzene rings is 1. The molecule has 1 aromatic carbocycles. The second-order valence-corrected chi connectivity index (χ2v) is 9.96. The number of amides is 2. The Kier molecular flexibility index (Phi) is 6.57. The molecule has 4 rings (SSSR count). The van der Waals surface area contributed by atoms with Gasteiger partial charge in [0.15, 0.2) is 34.7 Å². The summed E-state index contributed by atoms with van der Waals surface area (Å²) in [7, 11) is 3.47. The van der Waals surface area contributed by atoms with Gasteiger partial charge >= 0.3 is 6.09 Å². The standard InChI is InChI=1S/C25H29N3O9/c1-4-37-24(35)27-9-11-7-14(28(2)3)13-6-10-5-12-8-15(29)18(23(26)34)22(33)25(12,36)21(32)16(10)20(31)17(13)19(11)30/h7,10,12,16,18,30,36H,4-6,8-9H2,1-3H3,(H2,26,34)(H,27,35)/t10-,12+,16?,18?,25+/m1/s1. The highest BCUT2D eigenvalue weighted by Crippen LogP contribution is 2.51. The number of nitrogens with one attached hydrogen (secondary N) is 1. The number of carbonyl (C=O) groups excluding carboxylic acids is 6. The number of ketones is 4. The fraction of sp³-hybridized carbons (Fsp3) is 0.520. The zero-order valence-corrected chi connectivity index (χ0v) is 20.7. The normalized spacial score (nSPS) is 28.6. The Balaban J connectivity index is 1.78. The Labute approximate surface area is 212 Å². The van der Waals surface area contributed by atoms with E-state index in [0.29, 0.717) is 11.3 Å². The van der Waals surface area contributed by atoms with Gasteiger partial charge in [-0.2, -0.15) is 0 Å². The third-order valence-corrected chi connectivity index (χ3v) is 7.64. The largest absolute Gasteiger partial charge is 0.507 e. The van der Waals surface area contributed by atoms with E-state index in [2.05, 4.69) is 5.32 Å². The number of primary amides is 1. The number of Topliss-reactive ketones (excluding diaryl/α,β-unsaturated/α-hetero) is 4. The molecule has 0 aromatic heterocycles. The fourth-order valence-electron chi connectivity index (χ4n) is 5.95. The third-order valence-electron chi connectivity index (χ3n) is 7.64. The molecule has 0 saturated heterocycles. The van der Waals surface area contributed by atoms with Crippen LogP contribution in [0.2, 0.25) is 0 Å². The maximum absolute atomic E-state index is 13.8. The molecule has 37 heavy (non-hydrogen) atoms. The van der Waals surface area contributed by atoms with Crippen LogP contribution in [-0.2, 0) is 36.9 Å². The maximum atomic E-state index is 13.8. The third kappa shape index (κ3) is 3.95. The summed E-state index contributed by atoms with van der Waals surface area (Å²) in [5.41, 5.74) is 3.63. The lowest BCUT2D eigenvalue weighted by molar-refractivity contribution is -0.175. The Morgan fingerprint density at radius 2 is 1.86 bits per heavy atom. The smallest absolute Gasteiger partial charge is 0.407 e. The average Bonchev–Trinajstić information content (AvgIpc) is 2.80. The molecule has 1 aromatic rings. The number of aliphatic hydroxyl groups is 1. The van der Waals surface area contributed by atoms with Gasteiger partial charge < -0.3 is 30.9 Å². The second kappa shape index (κ2) is 9.25. The molecular weight excluding hydrogens is 486 g/mol. The molecule has 3 aliphatic carbocycles. The molecule has 2 fully saturated rings. The highest BCUT2D eigenvalue weighted by atomic mass is 16.5. The lowest BCUT2D eigenvalue weighted by Gasteiger charge is -2.48. The summed E-state index contributed by atoms with van der Waals surface area (Å²) in [6, 6.07) is 1.63. The quantitative estimate of drug-likeness (QED) is 0.376. The van der Waals surface area contributed by atoms with Crippen LogP contribution in [0.3, 0.4) is 0 Å². The lowest BCUT2D eigenvalue weighted by Crippen LogP contribution is -2.68. The van der Waals surface area contributed by atoms with Crippen molar-refractivity contribution in [2.45, 2.75) is 38.3 Å². The van der Waals surface area contributed by atoms with Gasteiger partial charge in [-0.3, -0.25) is 24.0 Å². The molecule has 2 amide bonds. The number of phenolic OH excluding ortho intramolecular Hbond substituents is 1. The zero-order valence-electron chi connectivity index (χ0n) is 20.7. The molecule has 0 spiro atoms. The van der Waals surface area contributed by atoms with Gasteiger partial charge in [-0.05, 0) is 37.3 Å². The second-order valence-electron chi connectivity index (χ2n) is 9.96. The maximum Gasteiger partial charge on any atom is 0.407 e. The Bertz CT molecular complexity index is 1240. The molecule has 3 aliphatic rings. The van der Waals surface area contributed by atoms with E-state index >= 15 is 0 Å². The van der Waals surface area contributed by atoms with Crippen molar-refractivity contribution in [1.82, 2.24) is 5.32 Å². The monoisotopic (exact) mass is 515 g/mol. The first-order valence-corrected chi connectivity index (χ1v) is 12.0. The van der Waals surface area contributed by atoms with Crippen LogP contribution in [0.25, 0.3) is 0 Å². The lowest BCUT2D eigenvalue weighted by atomic mass is 9.53. The molecule has 5 atom stereocenters. The molecule has 0 aliphatic heterocycles. The van der Waals surface area contributed by atoms with E-state index in [1.807, 2.05) is 0 Å². The van der Waals surface area contributed by atoms with Crippen LogP contribution in [0.1, 0.15) is 41.3 Å². The SMILES string of the molecule is CCOC(=O)NCc1cc(N(C)C)c2c(c1O)C(=O)C1C(=O)[C@]3(O)C(=O)C(C(N)=O)C(=O)C[C@@H]3C[C@@H]1C2. The Hall–Kier alpha value is -3.80. The minimum absolute atomic E-state index is 0.0147. The van der Waals surface area contributed by atoms with E-state index < -0.39 is 76.6 Å². The number of ether oxygens (including phenoxy) is 1. The summed E-state index contributed by atoms with van der Waals surface area (Å²) in [4.78, 5) is 78.1. The average molecular weight is 516 g/mol. The van der Waals surface area contributed by atoms with E-state index in [9.17, 15) is 39.0 Å². The minimum Gasteiger partial charge on any atom is -0.507 e. The highest BCUT2D eigenvalue weighted by Gasteiger charge is 2.66. The van der Waals surface area contributed by atoms with Crippen LogP contribution < -0.4 is 16.0 Å². The molecule has 2 saturated carbocycles. The van der Waals surface area contributed by atoms with Crippen molar-refractivity contribution in [3.8, 4) is 5.75 Å². The molecule has 5 N–H and O–H groups in total. The van der Waals surface area contributed by atoms with Crippen molar-refractivity contribution in [1.29, 1.82) is 0 Å². The fourth-order valence-corrected chi connectivity index (χ4v) is 5.95. The van der Waals surface area contributed by atoms with Gasteiger partial charge in [-0.15, -0.1) is 0 Å². The van der Waals surface area contributed by atoms with E-state index in [1.165, 1.54) is 0 Å². The van der Waals surface area contributed by atoms with Crippen LogP contribution >= 0.6 is 0 Å². The van der Waals surface area contributed by atoms with Gasteiger partial charge in [0, 0.05) is 44.2 Å². The first-order chi connectivity index (χ1) is 17.3. The van der Waals surface area contributed by atoms with Gasteiger partial charge in [0.2, 0.25) is 5.91 Å². The van der Waals surface area contributed by atoms with Crippen molar-refractivity contribution >= 4 is 40.8 Å². The summed E-state index contributed by atoms with van der Waals surface area (Å²) in [6.45, 7) is 1.61. The molecule has 12 heteroatoms. The molecule has 198 valence electrons. The zero-order chi connectivity index (χ0) is 27.4. The molecule has 0 heterocycles. The number of anilines is 1. The molecule has 2 unspecified atom stereocenters. The van der Waals surface area contributed by atoms with E-state index in [-0.39, 0.29) is 37.1 Å². The number of nitrogens with zero attached hydrogens (tertiary/aromatic N) is 1. The van der Waals surface area contributed by atoms with E-state index in [1.54, 1.807) is 32.0 Å². The number of alkyl carbamates (subject to hydrolysis) is 1. The molecule has 12 nitrogen and oxygen atoms in total. The van der Waals surface area contributed by atoms with Gasteiger partial charge in [0.1, 0.15) is 5.75 Å². The summed E-state index contributed by atoms with van der Waals surface area (Å²) in [6.07, 6.45) is -0.933. The van der Waals surface area contributed by atoms with Crippen LogP contribution in [0.5, 0.6) is 5.75 Å². The van der Waals surface area contributed by atoms with Crippen LogP contribution in [0.15, 0.2) is 6.07 Å². The molecular formula is C25H29N3O9. The number of nitrogens with two attached hydrogens (primary N) is 1. The van der Waals surface area contributed by atoms with Crippen molar-refractivity contribution in [3.05, 3.63) is 22.8 Å². The molecule has 0 radical (unpaired) electrons. The Morgan fingerprint density at radius 3 is 2.46 bits per heavy atom. The molecule has 0 bridgehead atoms. The summed E-state index contributed by atoms with van der Waals surface area (Å²) >= 11 is 0. The van der Waals surface area contributed by atoms with E-state index in [0.717, 1.165) is 0 Å². The predicted octanol–water partition coefficient (Wildman–Crippen LogP) is -0.361. The Morgan fingerprint density at radius 1 is 1.19 bits per heavy atom. The first-order valence-electron chi connectivity index (χ1n) is 12.0. The van der Waals surface area contributed by atoms with Gasteiger partial charge in [-0.1, -0.05) is 0 Å². The van der Waals surface area contributed by atoms with Crippen molar-refractivity contribution < 1.29 is 43.7 Å². The number of fused-ring (bicyclic) bond motifs is 3. The summed E-state index contributed by atoms with van der Waals surface area (Å²) in [5, 5.41) is 24.8. The van der Waals surface area contributed by atoms with Gasteiger partial charge in [0.25, 0.3) is 0 Å². The number of aromatic hydroxyl groups is 1. The van der Waals surface area contributed by atoms with Crippen molar-refractivity contribution in [3.63, 3.8) is 0 Å². The van der Waals surface area contributed by atoms with E-state index in [4.69, 9.17) is 10.5 Å². The van der Waals surface area contributed by atoms with Gasteiger partial charge in [-0.25, -0.2) is 4.79 Å². The van der Waals surface area contributed by atoms with Crippen LogP contribution in [0, 0.1) is 23.7 Å². The summed E-state index contributed by atoms with van der Waals surface area (Å²) in [5.74, 6) is -10.8. The number of hydrogen-bond donors (Lipinski definition) is 4. The number of hydrogen-bond acceptors (Lipinski definition) is 10. The topological polar surface area (TPSA) is 193 Å². The van der Waals surface area contributed by atoms with Crippen LogP contribution in [0.4, 0.5) is 10.5 Å². The first kappa shape index (κ1) is 26.3. The van der Waals surface area contributed by atoms with Crippen LogP contribution in [-0.4, -0.2) is 71.6 Å². The number of phenols is 1. The minimum atomic E-state index is -2.70. The van der Waals surface area contributed by atoms with Gasteiger partial charge in [0.05, 0.1) is 18.1 Å². The summed E-state index contributed by atoms with van der Waals surface area (Å²) < 4.78 is 4.83. The predicted molar refractivity (Wildman–Crippen MR) is 127 cm³/mol. The number of carbonyl (C=O) groups is 6.